The lowest BCUT2D eigenvalue weighted by Gasteiger charge is -2.26. The van der Waals surface area contributed by atoms with Gasteiger partial charge in [0.15, 0.2) is 0 Å². The molecule has 0 heteroatoms. The summed E-state index contributed by atoms with van der Waals surface area (Å²) in [6.45, 7) is 26.3. The topological polar surface area (TPSA) is 0 Å². The van der Waals surface area contributed by atoms with Crippen LogP contribution in [0.5, 0.6) is 0 Å². The maximum absolute atomic E-state index is 2.66. The molecule has 0 saturated carbocycles. The van der Waals surface area contributed by atoms with Gasteiger partial charge in [-0.05, 0) is 126 Å². The normalized spacial score (nSPS) is 14.0. The minimum atomic E-state index is 0.0977. The van der Waals surface area contributed by atoms with E-state index in [1.807, 2.05) is 0 Å². The average molecular weight is 739 g/mol. The molecule has 5 rings (SSSR count). The Morgan fingerprint density at radius 2 is 1.00 bits per heavy atom. The van der Waals surface area contributed by atoms with Crippen molar-refractivity contribution in [2.45, 2.75) is 184 Å². The van der Waals surface area contributed by atoms with Crippen LogP contribution in [0.3, 0.4) is 0 Å². The number of unbranched alkanes of at least 4 members (excludes halogenated alkanes) is 3. The molecule has 0 fully saturated rings. The van der Waals surface area contributed by atoms with Crippen LogP contribution in [0.2, 0.25) is 0 Å². The third-order valence-corrected chi connectivity index (χ3v) is 13.3. The van der Waals surface area contributed by atoms with Gasteiger partial charge in [-0.2, -0.15) is 0 Å². The van der Waals surface area contributed by atoms with Gasteiger partial charge in [0.05, 0.1) is 0 Å². The third kappa shape index (κ3) is 10.3. The lowest BCUT2D eigenvalue weighted by molar-refractivity contribution is 0.449. The first kappa shape index (κ1) is 43.0. The van der Waals surface area contributed by atoms with Crippen molar-refractivity contribution in [2.24, 2.45) is 17.8 Å². The monoisotopic (exact) mass is 739 g/mol. The van der Waals surface area contributed by atoms with Gasteiger partial charge >= 0.3 is 0 Å². The summed E-state index contributed by atoms with van der Waals surface area (Å²) in [6.07, 6.45) is 19.0. The lowest BCUT2D eigenvalue weighted by Crippen LogP contribution is -2.13. The quantitative estimate of drug-likeness (QED) is 0.0698. The molecule has 3 unspecified atom stereocenters. The van der Waals surface area contributed by atoms with E-state index in [9.17, 15) is 0 Å². The minimum Gasteiger partial charge on any atom is -0.0654 e. The fourth-order valence-electron chi connectivity index (χ4n) is 9.63. The number of hydrogen-bond donors (Lipinski definition) is 0. The first-order chi connectivity index (χ1) is 26.5. The fraction of sp³-hybridized carbons (Fsp3) is 0.564. The lowest BCUT2D eigenvalue weighted by atomic mass is 9.78. The van der Waals surface area contributed by atoms with E-state index in [1.165, 1.54) is 150 Å². The van der Waals surface area contributed by atoms with Gasteiger partial charge in [0, 0.05) is 0 Å². The van der Waals surface area contributed by atoms with Crippen LogP contribution < -0.4 is 0 Å². The Labute approximate surface area is 338 Å². The predicted molar refractivity (Wildman–Crippen MR) is 248 cm³/mol. The Morgan fingerprint density at radius 1 is 0.491 bits per heavy atom. The summed E-state index contributed by atoms with van der Waals surface area (Å²) in [5, 5.41) is 8.75. The molecule has 0 spiro atoms. The second-order valence-corrected chi connectivity index (χ2v) is 18.8. The van der Waals surface area contributed by atoms with E-state index in [1.54, 1.807) is 11.1 Å². The molecule has 0 radical (unpaired) electrons. The Hall–Kier alpha value is -3.12. The van der Waals surface area contributed by atoms with Crippen LogP contribution in [0, 0.1) is 17.8 Å². The molecule has 0 amide bonds. The number of benzene rings is 5. The van der Waals surface area contributed by atoms with Gasteiger partial charge in [0.1, 0.15) is 0 Å². The maximum atomic E-state index is 2.66. The number of hydrogen-bond acceptors (Lipinski definition) is 0. The van der Waals surface area contributed by atoms with E-state index >= 15 is 0 Å². The van der Waals surface area contributed by atoms with Gasteiger partial charge in [-0.15, -0.1) is 0 Å². The third-order valence-electron chi connectivity index (χ3n) is 13.3. The molecule has 5 aromatic rings. The van der Waals surface area contributed by atoms with E-state index < -0.39 is 0 Å². The summed E-state index contributed by atoms with van der Waals surface area (Å²) >= 11 is 0. The van der Waals surface area contributed by atoms with Crippen LogP contribution in [0.1, 0.15) is 187 Å². The molecule has 3 atom stereocenters. The highest BCUT2D eigenvalue weighted by Crippen LogP contribution is 2.45. The SMILES string of the molecule is CCCCC(CC)Cc1ccc2c(-c3cc(CC(CC)CCCC)c4cc(C(C)(C)C)cc(CC(CC)CCCC)c4c3)c3ccccc3c(C(C)C)c2c1. The molecular weight excluding hydrogens is 661 g/mol. The molecule has 0 N–H and O–H groups in total. The highest BCUT2D eigenvalue weighted by molar-refractivity contribution is 6.16. The Bertz CT molecular complexity index is 1980. The Kier molecular flexibility index (Phi) is 15.5. The van der Waals surface area contributed by atoms with E-state index in [0.29, 0.717) is 17.8 Å². The van der Waals surface area contributed by atoms with Crippen molar-refractivity contribution < 1.29 is 0 Å². The molecule has 0 heterocycles. The van der Waals surface area contributed by atoms with Gasteiger partial charge in [-0.1, -0.05) is 214 Å². The van der Waals surface area contributed by atoms with Crippen LogP contribution in [-0.4, -0.2) is 0 Å². The summed E-state index contributed by atoms with van der Waals surface area (Å²) in [6, 6.07) is 27.5. The average Bonchev–Trinajstić information content (AvgIpc) is 3.17. The predicted octanol–water partition coefficient (Wildman–Crippen LogP) is 17.5. The van der Waals surface area contributed by atoms with Crippen LogP contribution in [0.25, 0.3) is 43.4 Å². The molecule has 0 bridgehead atoms. The highest BCUT2D eigenvalue weighted by Gasteiger charge is 2.24. The van der Waals surface area contributed by atoms with Crippen LogP contribution >= 0.6 is 0 Å². The molecule has 0 saturated heterocycles. The van der Waals surface area contributed by atoms with Gasteiger partial charge in [0.2, 0.25) is 0 Å². The molecule has 55 heavy (non-hydrogen) atoms. The van der Waals surface area contributed by atoms with Crippen molar-refractivity contribution in [3.05, 3.63) is 94.5 Å². The summed E-state index contributed by atoms with van der Waals surface area (Å²) in [5.74, 6) is 2.61. The van der Waals surface area contributed by atoms with E-state index in [-0.39, 0.29) is 5.41 Å². The van der Waals surface area contributed by atoms with E-state index in [2.05, 4.69) is 143 Å². The number of fused-ring (bicyclic) bond motifs is 3. The van der Waals surface area contributed by atoms with Crippen molar-refractivity contribution in [3.63, 3.8) is 0 Å². The molecule has 0 aromatic heterocycles. The molecule has 0 aliphatic heterocycles. The smallest absolute Gasteiger partial charge is 0.00263 e. The zero-order valence-corrected chi connectivity index (χ0v) is 37.3. The zero-order valence-electron chi connectivity index (χ0n) is 37.3. The molecule has 5 aromatic carbocycles. The summed E-state index contributed by atoms with van der Waals surface area (Å²) in [4.78, 5) is 0. The Balaban J connectivity index is 1.86. The van der Waals surface area contributed by atoms with Crippen LogP contribution in [-0.2, 0) is 24.7 Å². The largest absolute Gasteiger partial charge is 0.0654 e. The Morgan fingerprint density at radius 3 is 1.53 bits per heavy atom. The minimum absolute atomic E-state index is 0.0977. The number of rotatable bonds is 20. The van der Waals surface area contributed by atoms with Crippen molar-refractivity contribution >= 4 is 32.3 Å². The molecule has 0 aliphatic rings. The first-order valence-corrected chi connectivity index (χ1v) is 23.0. The summed E-state index contributed by atoms with van der Waals surface area (Å²) < 4.78 is 0. The van der Waals surface area contributed by atoms with Crippen molar-refractivity contribution in [3.8, 4) is 11.1 Å². The summed E-state index contributed by atoms with van der Waals surface area (Å²) in [7, 11) is 0. The maximum Gasteiger partial charge on any atom is -0.00263 e. The van der Waals surface area contributed by atoms with Crippen molar-refractivity contribution in [1.82, 2.24) is 0 Å². The van der Waals surface area contributed by atoms with Crippen molar-refractivity contribution in [2.75, 3.05) is 0 Å². The highest BCUT2D eigenvalue weighted by atomic mass is 14.3. The van der Waals surface area contributed by atoms with Crippen LogP contribution in [0.4, 0.5) is 0 Å². The van der Waals surface area contributed by atoms with Crippen LogP contribution in [0.15, 0.2) is 66.7 Å². The first-order valence-electron chi connectivity index (χ1n) is 23.0. The standard InChI is InChI=1S/C55H78/c1-12-18-23-39(15-4)30-42-28-29-49-52(33-42)53(38(7)8)47-26-21-22-27-48(47)54(49)45-34-43(31-40(16-5)24-19-13-2)51-37-46(55(9,10)11)35-44(50(51)36-45)32-41(17-6)25-20-14-3/h21-22,26-29,33-41H,12-20,23-25,30-32H2,1-11H3. The second kappa shape index (κ2) is 19.8. The van der Waals surface area contributed by atoms with Gasteiger partial charge in [-0.25, -0.2) is 0 Å². The molecule has 0 nitrogen and oxygen atoms in total. The molecule has 0 aliphatic carbocycles. The van der Waals surface area contributed by atoms with E-state index in [4.69, 9.17) is 0 Å². The summed E-state index contributed by atoms with van der Waals surface area (Å²) in [5.41, 5.74) is 10.6. The zero-order chi connectivity index (χ0) is 39.7. The van der Waals surface area contributed by atoms with E-state index in [0.717, 1.165) is 12.3 Å². The van der Waals surface area contributed by atoms with Gasteiger partial charge < -0.3 is 0 Å². The van der Waals surface area contributed by atoms with Gasteiger partial charge in [-0.3, -0.25) is 0 Å². The second-order valence-electron chi connectivity index (χ2n) is 18.8. The fourth-order valence-corrected chi connectivity index (χ4v) is 9.63. The van der Waals surface area contributed by atoms with Gasteiger partial charge in [0.25, 0.3) is 0 Å². The van der Waals surface area contributed by atoms with Crippen molar-refractivity contribution in [1.29, 1.82) is 0 Å². The molecular formula is C55H78. The molecule has 298 valence electrons.